The van der Waals surface area contributed by atoms with Crippen molar-refractivity contribution in [1.82, 2.24) is 5.43 Å². The summed E-state index contributed by atoms with van der Waals surface area (Å²) in [5, 5.41) is 0. The van der Waals surface area contributed by atoms with E-state index in [1.165, 1.54) is 55.7 Å². The minimum Gasteiger partial charge on any atom is -0.324 e. The highest BCUT2D eigenvalue weighted by Crippen LogP contribution is 2.49. The second kappa shape index (κ2) is 19.4. The van der Waals surface area contributed by atoms with Crippen LogP contribution in [0.25, 0.3) is 16.7 Å². The SMILES string of the molecule is C=C/C=C(\C)C(C)(C)C(=C)/C=C\Cc1ccc2c(c1)C(C)(C)c1ccccc1-2.CC.CC.CC.CC1(C)C2=CC(NN)=CC=C(C2)c2ccccc21. The Morgan fingerprint density at radius 2 is 1.35 bits per heavy atom. The summed E-state index contributed by atoms with van der Waals surface area (Å²) in [6.45, 7) is 35.9. The molecule has 52 heavy (non-hydrogen) atoms. The molecule has 3 aromatic rings. The van der Waals surface area contributed by atoms with E-state index in [1.807, 2.05) is 47.6 Å². The molecule has 0 aliphatic heterocycles. The van der Waals surface area contributed by atoms with Gasteiger partial charge in [-0.2, -0.15) is 0 Å². The monoisotopic (exact) mass is 697 g/mol. The van der Waals surface area contributed by atoms with E-state index in [9.17, 15) is 0 Å². The number of rotatable bonds is 7. The van der Waals surface area contributed by atoms with Gasteiger partial charge in [0.1, 0.15) is 0 Å². The second-order valence-corrected chi connectivity index (χ2v) is 14.4. The largest absolute Gasteiger partial charge is 0.324 e. The van der Waals surface area contributed by atoms with Crippen LogP contribution in [0, 0.1) is 5.41 Å². The van der Waals surface area contributed by atoms with Crippen LogP contribution in [0.5, 0.6) is 0 Å². The third-order valence-corrected chi connectivity index (χ3v) is 10.6. The number of hydrogen-bond acceptors (Lipinski definition) is 2. The van der Waals surface area contributed by atoms with Gasteiger partial charge < -0.3 is 5.43 Å². The van der Waals surface area contributed by atoms with Crippen LogP contribution in [0.1, 0.15) is 124 Å². The molecule has 0 amide bonds. The van der Waals surface area contributed by atoms with Gasteiger partial charge in [0.15, 0.2) is 0 Å². The topological polar surface area (TPSA) is 38.0 Å². The molecule has 3 aromatic carbocycles. The van der Waals surface area contributed by atoms with Crippen molar-refractivity contribution in [2.45, 2.75) is 114 Å². The minimum absolute atomic E-state index is 0.0594. The van der Waals surface area contributed by atoms with E-state index in [1.54, 1.807) is 0 Å². The Kier molecular flexibility index (Phi) is 16.4. The van der Waals surface area contributed by atoms with E-state index >= 15 is 0 Å². The van der Waals surface area contributed by atoms with Gasteiger partial charge in [-0.15, -0.1) is 0 Å². The van der Waals surface area contributed by atoms with E-state index < -0.39 is 0 Å². The lowest BCUT2D eigenvalue weighted by molar-refractivity contribution is 0.554. The number of fused-ring (bicyclic) bond motifs is 7. The zero-order valence-electron chi connectivity index (χ0n) is 34.8. The fraction of sp³-hybridized carbons (Fsp3) is 0.360. The van der Waals surface area contributed by atoms with Crippen LogP contribution in [0.15, 0.2) is 145 Å². The van der Waals surface area contributed by atoms with Gasteiger partial charge in [-0.1, -0.05) is 204 Å². The smallest absolute Gasteiger partial charge is 0.0485 e. The molecule has 0 fully saturated rings. The molecule has 0 spiro atoms. The minimum atomic E-state index is -0.0632. The van der Waals surface area contributed by atoms with Crippen LogP contribution < -0.4 is 11.3 Å². The van der Waals surface area contributed by atoms with Gasteiger partial charge in [-0.25, -0.2) is 0 Å². The quantitative estimate of drug-likeness (QED) is 0.147. The lowest BCUT2D eigenvalue weighted by Gasteiger charge is -2.36. The summed E-state index contributed by atoms with van der Waals surface area (Å²) < 4.78 is 0. The Bertz CT molecular complexity index is 1830. The molecular weight excluding hydrogens is 629 g/mol. The van der Waals surface area contributed by atoms with Crippen molar-refractivity contribution in [3.05, 3.63) is 173 Å². The van der Waals surface area contributed by atoms with Gasteiger partial charge in [0.25, 0.3) is 0 Å². The highest BCUT2D eigenvalue weighted by atomic mass is 15.2. The Labute approximate surface area is 318 Å². The van der Waals surface area contributed by atoms with Crippen LogP contribution in [0.2, 0.25) is 0 Å². The first-order valence-corrected chi connectivity index (χ1v) is 19.4. The first-order valence-electron chi connectivity index (χ1n) is 19.4. The summed E-state index contributed by atoms with van der Waals surface area (Å²) in [6.07, 6.45) is 16.7. The third kappa shape index (κ3) is 9.33. The summed E-state index contributed by atoms with van der Waals surface area (Å²) in [5.41, 5.74) is 18.7. The van der Waals surface area contributed by atoms with Crippen molar-refractivity contribution in [3.63, 3.8) is 0 Å². The number of benzene rings is 3. The van der Waals surface area contributed by atoms with Crippen LogP contribution in [-0.2, 0) is 17.3 Å². The van der Waals surface area contributed by atoms with Crippen molar-refractivity contribution in [2.75, 3.05) is 0 Å². The van der Waals surface area contributed by atoms with Crippen molar-refractivity contribution in [3.8, 4) is 11.1 Å². The van der Waals surface area contributed by atoms with Crippen molar-refractivity contribution >= 4 is 5.57 Å². The standard InChI is InChI=1S/C28H32.C16H18N2.3C2H6/c1-8-12-20(2)27(4,5)21(3)13-11-14-22-17-18-24-23-15-9-10-16-25(23)28(6,7)26(24)19-22;1-16(2)12-9-11(7-8-13(10-12)18-17)14-5-3-4-6-15(14)16;3*1-2/h8-13,15-19H,1,3,14H2,2,4-7H3;3-8,10,18H,9,17H2,1-2H3;3*1-2H3/b13-11-,20-12+;;;;. The molecule has 278 valence electrons. The Morgan fingerprint density at radius 1 is 0.788 bits per heavy atom. The van der Waals surface area contributed by atoms with E-state index in [2.05, 4.69) is 170 Å². The third-order valence-electron chi connectivity index (χ3n) is 10.6. The normalized spacial score (nSPS) is 15.6. The highest BCUT2D eigenvalue weighted by Gasteiger charge is 2.35. The Morgan fingerprint density at radius 3 is 1.94 bits per heavy atom. The summed E-state index contributed by atoms with van der Waals surface area (Å²) >= 11 is 0. The van der Waals surface area contributed by atoms with Crippen LogP contribution in [0.4, 0.5) is 0 Å². The molecule has 2 nitrogen and oxygen atoms in total. The molecule has 2 bridgehead atoms. The van der Waals surface area contributed by atoms with Gasteiger partial charge in [0, 0.05) is 21.9 Å². The maximum Gasteiger partial charge on any atom is 0.0485 e. The first-order chi connectivity index (χ1) is 24.8. The van der Waals surface area contributed by atoms with E-state index in [-0.39, 0.29) is 16.2 Å². The summed E-state index contributed by atoms with van der Waals surface area (Å²) in [6, 6.07) is 24.4. The molecule has 3 aliphatic rings. The molecule has 0 unspecified atom stereocenters. The number of allylic oxidation sites excluding steroid dienone is 11. The summed E-state index contributed by atoms with van der Waals surface area (Å²) in [4.78, 5) is 0. The van der Waals surface area contributed by atoms with E-state index in [4.69, 9.17) is 5.84 Å². The zero-order chi connectivity index (χ0) is 39.3. The zero-order valence-corrected chi connectivity index (χ0v) is 34.8. The maximum absolute atomic E-state index is 5.56. The molecule has 0 atom stereocenters. The predicted octanol–water partition coefficient (Wildman–Crippen LogP) is 13.9. The molecule has 3 N–H and O–H groups in total. The molecule has 0 saturated carbocycles. The van der Waals surface area contributed by atoms with Crippen LogP contribution in [-0.4, -0.2) is 0 Å². The second-order valence-electron chi connectivity index (χ2n) is 14.4. The molecule has 3 aliphatic carbocycles. The van der Waals surface area contributed by atoms with Gasteiger partial charge in [0.05, 0.1) is 0 Å². The van der Waals surface area contributed by atoms with Gasteiger partial charge in [-0.05, 0) is 82.0 Å². The molecule has 2 heteroatoms. The molecule has 0 aromatic heterocycles. The van der Waals surface area contributed by atoms with Gasteiger partial charge in [0.2, 0.25) is 0 Å². The van der Waals surface area contributed by atoms with Crippen LogP contribution in [0.3, 0.4) is 0 Å². The maximum atomic E-state index is 5.56. The number of nitrogens with two attached hydrogens (primary N) is 1. The predicted molar refractivity (Wildman–Crippen MR) is 233 cm³/mol. The van der Waals surface area contributed by atoms with E-state index in [0.717, 1.165) is 24.1 Å². The van der Waals surface area contributed by atoms with Crippen molar-refractivity contribution in [2.24, 2.45) is 11.3 Å². The number of nitrogens with one attached hydrogen (secondary N) is 1. The lowest BCUT2D eigenvalue weighted by Crippen LogP contribution is -2.27. The summed E-state index contributed by atoms with van der Waals surface area (Å²) in [7, 11) is 0. The number of hydrogen-bond donors (Lipinski definition) is 2. The molecule has 0 radical (unpaired) electrons. The Hall–Kier alpha value is -4.40. The molecule has 0 saturated heterocycles. The fourth-order valence-electron chi connectivity index (χ4n) is 6.96. The first kappa shape index (κ1) is 43.8. The molecule has 0 heterocycles. The Balaban J connectivity index is 0.000000335. The van der Waals surface area contributed by atoms with Gasteiger partial charge in [-0.3, -0.25) is 5.84 Å². The summed E-state index contributed by atoms with van der Waals surface area (Å²) in [5.74, 6) is 5.56. The number of hydrazine groups is 1. The average molecular weight is 697 g/mol. The van der Waals surface area contributed by atoms with Crippen LogP contribution >= 0.6 is 0 Å². The lowest BCUT2D eigenvalue weighted by atomic mass is 9.67. The molecular formula is C50H68N2. The average Bonchev–Trinajstić information content (AvgIpc) is 3.27. The fourth-order valence-corrected chi connectivity index (χ4v) is 6.96. The van der Waals surface area contributed by atoms with Crippen molar-refractivity contribution in [1.29, 1.82) is 0 Å². The van der Waals surface area contributed by atoms with E-state index in [0.29, 0.717) is 0 Å². The highest BCUT2D eigenvalue weighted by molar-refractivity contribution is 5.81. The van der Waals surface area contributed by atoms with Gasteiger partial charge >= 0.3 is 0 Å². The van der Waals surface area contributed by atoms with Crippen molar-refractivity contribution < 1.29 is 0 Å². The molecule has 6 rings (SSSR count).